The van der Waals surface area contributed by atoms with E-state index < -0.39 is 0 Å². The van der Waals surface area contributed by atoms with Crippen molar-refractivity contribution >= 4 is 34.9 Å². The van der Waals surface area contributed by atoms with Gasteiger partial charge in [0, 0.05) is 12.3 Å². The van der Waals surface area contributed by atoms with Crippen molar-refractivity contribution in [2.24, 2.45) is 5.92 Å². The molecule has 1 aliphatic rings. The van der Waals surface area contributed by atoms with Gasteiger partial charge in [-0.15, -0.1) is 0 Å². The van der Waals surface area contributed by atoms with Crippen LogP contribution in [0.2, 0.25) is 10.0 Å². The molecule has 26 heavy (non-hydrogen) atoms. The van der Waals surface area contributed by atoms with Gasteiger partial charge in [-0.2, -0.15) is 5.10 Å². The topological polar surface area (TPSA) is 67.2 Å². The molecule has 1 fully saturated rings. The maximum atomic E-state index is 13.0. The molecule has 5 nitrogen and oxygen atoms in total. The van der Waals surface area contributed by atoms with Gasteiger partial charge in [0.1, 0.15) is 0 Å². The molecule has 1 heterocycles. The number of anilines is 1. The fraction of sp³-hybridized carbons (Fsp3) is 0.474. The van der Waals surface area contributed by atoms with E-state index >= 15 is 0 Å². The Bertz CT molecular complexity index is 757. The lowest BCUT2D eigenvalue weighted by molar-refractivity contribution is -0.118. The molecule has 0 radical (unpaired) electrons. The molecule has 0 spiro atoms. The first-order chi connectivity index (χ1) is 12.6. The van der Waals surface area contributed by atoms with Crippen LogP contribution in [0.5, 0.6) is 0 Å². The van der Waals surface area contributed by atoms with Crippen LogP contribution >= 0.6 is 23.2 Å². The SMILES string of the molecule is O=C(Nc1ccn(CCO)n1)C(CC1CCCC1)c1ccc(Cl)c(Cl)c1. The van der Waals surface area contributed by atoms with Crippen LogP contribution < -0.4 is 5.32 Å². The fourth-order valence-electron chi connectivity index (χ4n) is 3.57. The molecule has 3 rings (SSSR count). The lowest BCUT2D eigenvalue weighted by Crippen LogP contribution is -2.23. The number of halogens is 2. The van der Waals surface area contributed by atoms with Gasteiger partial charge in [-0.3, -0.25) is 9.48 Å². The third kappa shape index (κ3) is 4.78. The highest BCUT2D eigenvalue weighted by Crippen LogP contribution is 2.36. The van der Waals surface area contributed by atoms with E-state index in [0.717, 1.165) is 24.8 Å². The molecule has 2 aromatic rings. The normalized spacial score (nSPS) is 16.0. The second-order valence-corrected chi connectivity index (χ2v) is 7.60. The van der Waals surface area contributed by atoms with Crippen molar-refractivity contribution in [3.63, 3.8) is 0 Å². The molecule has 1 aromatic heterocycles. The van der Waals surface area contributed by atoms with Crippen LogP contribution in [0, 0.1) is 5.92 Å². The Morgan fingerprint density at radius 3 is 2.73 bits per heavy atom. The molecule has 1 aliphatic carbocycles. The average molecular weight is 396 g/mol. The lowest BCUT2D eigenvalue weighted by Gasteiger charge is -2.20. The quantitative estimate of drug-likeness (QED) is 0.725. The minimum atomic E-state index is -0.296. The lowest BCUT2D eigenvalue weighted by atomic mass is 9.87. The van der Waals surface area contributed by atoms with Gasteiger partial charge >= 0.3 is 0 Å². The van der Waals surface area contributed by atoms with Crippen LogP contribution in [0.1, 0.15) is 43.6 Å². The van der Waals surface area contributed by atoms with E-state index in [1.54, 1.807) is 29.1 Å². The number of aromatic nitrogens is 2. The number of carbonyl (C=O) groups excluding carboxylic acids is 1. The minimum absolute atomic E-state index is 0.00262. The summed E-state index contributed by atoms with van der Waals surface area (Å²) in [5.74, 6) is 0.646. The van der Waals surface area contributed by atoms with Crippen molar-refractivity contribution in [2.45, 2.75) is 44.6 Å². The van der Waals surface area contributed by atoms with Gasteiger partial charge in [-0.1, -0.05) is 55.0 Å². The van der Waals surface area contributed by atoms with Crippen molar-refractivity contribution in [3.05, 3.63) is 46.1 Å². The van der Waals surface area contributed by atoms with Gasteiger partial charge < -0.3 is 10.4 Å². The molecule has 140 valence electrons. The van der Waals surface area contributed by atoms with Crippen molar-refractivity contribution in [1.29, 1.82) is 0 Å². The van der Waals surface area contributed by atoms with E-state index in [1.165, 1.54) is 12.8 Å². The molecular formula is C19H23Cl2N3O2. The summed E-state index contributed by atoms with van der Waals surface area (Å²) in [4.78, 5) is 13.0. The van der Waals surface area contributed by atoms with Crippen LogP contribution in [0.15, 0.2) is 30.5 Å². The van der Waals surface area contributed by atoms with Gasteiger partial charge in [-0.05, 0) is 30.0 Å². The smallest absolute Gasteiger partial charge is 0.233 e. The highest BCUT2D eigenvalue weighted by Gasteiger charge is 2.27. The molecule has 2 N–H and O–H groups in total. The Hall–Kier alpha value is -1.56. The zero-order chi connectivity index (χ0) is 18.5. The fourth-order valence-corrected chi connectivity index (χ4v) is 3.88. The summed E-state index contributed by atoms with van der Waals surface area (Å²) in [7, 11) is 0. The third-order valence-corrected chi connectivity index (χ3v) is 5.67. The van der Waals surface area contributed by atoms with Crippen LogP contribution in [0.3, 0.4) is 0 Å². The molecule has 1 unspecified atom stereocenters. The molecule has 0 aliphatic heterocycles. The maximum Gasteiger partial charge on any atom is 0.233 e. The molecule has 7 heteroatoms. The standard InChI is InChI=1S/C19H23Cl2N3O2/c20-16-6-5-14(12-17(16)21)15(11-13-3-1-2-4-13)19(26)22-18-7-8-24(23-18)9-10-25/h5-8,12-13,15,25H,1-4,9-11H2,(H,22,23,26). The van der Waals surface area contributed by atoms with Crippen molar-refractivity contribution in [2.75, 3.05) is 11.9 Å². The Labute approximate surface area is 163 Å². The Morgan fingerprint density at radius 2 is 2.04 bits per heavy atom. The Balaban J connectivity index is 1.78. The van der Waals surface area contributed by atoms with Gasteiger partial charge in [0.05, 0.1) is 29.1 Å². The number of aliphatic hydroxyl groups excluding tert-OH is 1. The largest absolute Gasteiger partial charge is 0.394 e. The summed E-state index contributed by atoms with van der Waals surface area (Å²) in [6.45, 7) is 0.400. The third-order valence-electron chi connectivity index (χ3n) is 4.93. The van der Waals surface area contributed by atoms with E-state index in [0.29, 0.717) is 28.3 Å². The average Bonchev–Trinajstić information content (AvgIpc) is 3.28. The van der Waals surface area contributed by atoms with Crippen LogP contribution in [0.25, 0.3) is 0 Å². The van der Waals surface area contributed by atoms with E-state index in [9.17, 15) is 4.79 Å². The molecule has 1 aromatic carbocycles. The number of nitrogens with one attached hydrogen (secondary N) is 1. The first kappa shape index (κ1) is 19.2. The number of hydrogen-bond donors (Lipinski definition) is 2. The Kier molecular flexibility index (Phi) is 6.57. The molecule has 1 saturated carbocycles. The monoisotopic (exact) mass is 395 g/mol. The molecular weight excluding hydrogens is 373 g/mol. The van der Waals surface area contributed by atoms with Crippen LogP contribution in [-0.4, -0.2) is 27.4 Å². The van der Waals surface area contributed by atoms with Gasteiger partial charge in [0.15, 0.2) is 5.82 Å². The summed E-state index contributed by atoms with van der Waals surface area (Å²) in [6, 6.07) is 7.13. The number of amides is 1. The van der Waals surface area contributed by atoms with Gasteiger partial charge in [0.25, 0.3) is 0 Å². The molecule has 1 amide bonds. The highest BCUT2D eigenvalue weighted by atomic mass is 35.5. The van der Waals surface area contributed by atoms with E-state index in [1.807, 2.05) is 6.07 Å². The van der Waals surface area contributed by atoms with E-state index in [4.69, 9.17) is 28.3 Å². The van der Waals surface area contributed by atoms with Crippen LogP contribution in [0.4, 0.5) is 5.82 Å². The number of benzene rings is 1. The van der Waals surface area contributed by atoms with Crippen molar-refractivity contribution < 1.29 is 9.90 Å². The summed E-state index contributed by atoms with van der Waals surface area (Å²) in [6.07, 6.45) is 7.31. The van der Waals surface area contributed by atoms with Gasteiger partial charge in [-0.25, -0.2) is 0 Å². The second kappa shape index (κ2) is 8.89. The second-order valence-electron chi connectivity index (χ2n) is 6.79. The molecule has 0 bridgehead atoms. The van der Waals surface area contributed by atoms with Crippen molar-refractivity contribution in [1.82, 2.24) is 9.78 Å². The van der Waals surface area contributed by atoms with Crippen LogP contribution in [-0.2, 0) is 11.3 Å². The number of nitrogens with zero attached hydrogens (tertiary/aromatic N) is 2. The van der Waals surface area contributed by atoms with Crippen molar-refractivity contribution in [3.8, 4) is 0 Å². The molecule has 1 atom stereocenters. The number of rotatable bonds is 7. The summed E-state index contributed by atoms with van der Waals surface area (Å²) >= 11 is 12.2. The van der Waals surface area contributed by atoms with E-state index in [2.05, 4.69) is 10.4 Å². The summed E-state index contributed by atoms with van der Waals surface area (Å²) in [5.41, 5.74) is 0.874. The minimum Gasteiger partial charge on any atom is -0.394 e. The molecule has 0 saturated heterocycles. The summed E-state index contributed by atoms with van der Waals surface area (Å²) < 4.78 is 1.60. The van der Waals surface area contributed by atoms with E-state index in [-0.39, 0.29) is 18.4 Å². The summed E-state index contributed by atoms with van der Waals surface area (Å²) in [5, 5.41) is 17.1. The predicted molar refractivity (Wildman–Crippen MR) is 104 cm³/mol. The first-order valence-corrected chi connectivity index (χ1v) is 9.72. The van der Waals surface area contributed by atoms with Gasteiger partial charge in [0.2, 0.25) is 5.91 Å². The number of hydrogen-bond acceptors (Lipinski definition) is 3. The highest BCUT2D eigenvalue weighted by molar-refractivity contribution is 6.42. The maximum absolute atomic E-state index is 13.0. The Morgan fingerprint density at radius 1 is 1.27 bits per heavy atom. The number of aliphatic hydroxyl groups is 1. The number of carbonyl (C=O) groups is 1. The first-order valence-electron chi connectivity index (χ1n) is 8.97. The zero-order valence-corrected chi connectivity index (χ0v) is 16.0. The predicted octanol–water partition coefficient (Wildman–Crippen LogP) is 4.48. The zero-order valence-electron chi connectivity index (χ0n) is 14.5.